The van der Waals surface area contributed by atoms with Gasteiger partial charge in [0.2, 0.25) is 0 Å². The molecule has 2 N–H and O–H groups in total. The number of carbonyl (C=O) groups is 2. The van der Waals surface area contributed by atoms with Crippen molar-refractivity contribution >= 4 is 29.3 Å². The van der Waals surface area contributed by atoms with E-state index in [1.54, 1.807) is 38.1 Å². The van der Waals surface area contributed by atoms with E-state index in [2.05, 4.69) is 9.69 Å². The molecule has 3 aromatic carbocycles. The predicted molar refractivity (Wildman–Crippen MR) is 141 cm³/mol. The SMILES string of the molecule is Cc1nsc(-c2c(F)cc(-c3ccc(C4(C(=O)O)CC4)cc3)cc2F)c1NC(=O)O[C@H](C)c1ccccc1. The number of halogens is 2. The summed E-state index contributed by atoms with van der Waals surface area (Å²) in [6, 6.07) is 18.3. The number of hydrogen-bond acceptors (Lipinski definition) is 5. The van der Waals surface area contributed by atoms with Gasteiger partial charge in [-0.25, -0.2) is 13.6 Å². The monoisotopic (exact) mass is 534 g/mol. The highest BCUT2D eigenvalue weighted by Gasteiger charge is 2.51. The summed E-state index contributed by atoms with van der Waals surface area (Å²) in [5, 5.41) is 12.1. The summed E-state index contributed by atoms with van der Waals surface area (Å²) in [5.74, 6) is -2.49. The van der Waals surface area contributed by atoms with Crippen LogP contribution in [0.2, 0.25) is 0 Å². The number of hydrogen-bond donors (Lipinski definition) is 2. The molecule has 38 heavy (non-hydrogen) atoms. The highest BCUT2D eigenvalue weighted by Crippen LogP contribution is 2.48. The predicted octanol–water partition coefficient (Wildman–Crippen LogP) is 7.49. The van der Waals surface area contributed by atoms with Crippen molar-refractivity contribution in [3.8, 4) is 21.6 Å². The van der Waals surface area contributed by atoms with Crippen LogP contribution in [-0.2, 0) is 14.9 Å². The number of nitrogens with one attached hydrogen (secondary N) is 1. The second-order valence-electron chi connectivity index (χ2n) is 9.33. The molecule has 1 aliphatic carbocycles. The first-order chi connectivity index (χ1) is 18.2. The molecular weight excluding hydrogens is 510 g/mol. The Morgan fingerprint density at radius 3 is 2.24 bits per heavy atom. The molecule has 0 bridgehead atoms. The number of benzene rings is 3. The van der Waals surface area contributed by atoms with Crippen molar-refractivity contribution in [3.63, 3.8) is 0 Å². The van der Waals surface area contributed by atoms with Gasteiger partial charge >= 0.3 is 12.1 Å². The van der Waals surface area contributed by atoms with E-state index in [0.29, 0.717) is 35.2 Å². The van der Waals surface area contributed by atoms with Crippen molar-refractivity contribution < 1.29 is 28.2 Å². The van der Waals surface area contributed by atoms with E-state index in [-0.39, 0.29) is 16.1 Å². The number of carboxylic acid groups (broad SMARTS) is 1. The Morgan fingerprint density at radius 2 is 1.66 bits per heavy atom. The lowest BCUT2D eigenvalue weighted by Gasteiger charge is -2.15. The second kappa shape index (κ2) is 9.98. The standard InChI is InChI=1S/C29H24F2N2O4S/c1-16-25(32-28(36)37-17(2)18-6-4-3-5-7-18)26(38-33-16)24-22(30)14-20(15-23(24)31)19-8-10-21(11-9-19)29(12-13-29)27(34)35/h3-11,14-15,17H,12-13H2,1-2H3,(H,32,36)(H,34,35)/t17-/m1/s1. The molecule has 1 amide bonds. The summed E-state index contributed by atoms with van der Waals surface area (Å²) in [6.45, 7) is 3.36. The van der Waals surface area contributed by atoms with Crippen molar-refractivity contribution in [3.05, 3.63) is 95.2 Å². The van der Waals surface area contributed by atoms with Crippen LogP contribution in [-0.4, -0.2) is 21.5 Å². The van der Waals surface area contributed by atoms with E-state index >= 15 is 8.78 Å². The first-order valence-electron chi connectivity index (χ1n) is 12.0. The maximum Gasteiger partial charge on any atom is 0.412 e. The number of aliphatic carboxylic acids is 1. The first kappa shape index (κ1) is 25.5. The minimum atomic E-state index is -0.866. The quantitative estimate of drug-likeness (QED) is 0.256. The van der Waals surface area contributed by atoms with Crippen molar-refractivity contribution in [2.45, 2.75) is 38.2 Å². The molecule has 0 unspecified atom stereocenters. The fourth-order valence-electron chi connectivity index (χ4n) is 4.46. The van der Waals surface area contributed by atoms with Crippen LogP contribution in [0.4, 0.5) is 19.3 Å². The van der Waals surface area contributed by atoms with Gasteiger partial charge in [-0.15, -0.1) is 0 Å². The minimum Gasteiger partial charge on any atom is -0.481 e. The summed E-state index contributed by atoms with van der Waals surface area (Å²) < 4.78 is 40.3. The topological polar surface area (TPSA) is 88.5 Å². The Morgan fingerprint density at radius 1 is 1.03 bits per heavy atom. The first-order valence-corrected chi connectivity index (χ1v) is 12.8. The highest BCUT2D eigenvalue weighted by atomic mass is 32.1. The molecule has 4 aromatic rings. The molecule has 9 heteroatoms. The molecule has 1 aliphatic rings. The van der Waals surface area contributed by atoms with Gasteiger partial charge < -0.3 is 9.84 Å². The molecule has 0 aliphatic heterocycles. The van der Waals surface area contributed by atoms with Gasteiger partial charge in [0.05, 0.1) is 27.2 Å². The van der Waals surface area contributed by atoms with Crippen LogP contribution in [0.15, 0.2) is 66.7 Å². The highest BCUT2D eigenvalue weighted by molar-refractivity contribution is 7.10. The molecule has 1 saturated carbocycles. The zero-order valence-corrected chi connectivity index (χ0v) is 21.4. The number of aryl methyl sites for hydroxylation is 1. The number of aromatic nitrogens is 1. The molecule has 1 heterocycles. The molecule has 0 saturated heterocycles. The van der Waals surface area contributed by atoms with Gasteiger partial charge in [0.15, 0.2) is 0 Å². The number of ether oxygens (including phenoxy) is 1. The van der Waals surface area contributed by atoms with Gasteiger partial charge in [-0.2, -0.15) is 4.37 Å². The molecule has 194 valence electrons. The normalized spacial score (nSPS) is 14.5. The lowest BCUT2D eigenvalue weighted by atomic mass is 9.93. The summed E-state index contributed by atoms with van der Waals surface area (Å²) in [7, 11) is 0. The number of nitrogens with zero attached hydrogens (tertiary/aromatic N) is 1. The van der Waals surface area contributed by atoms with Crippen molar-refractivity contribution in [1.82, 2.24) is 4.37 Å². The van der Waals surface area contributed by atoms with Gasteiger partial charge in [-0.3, -0.25) is 10.1 Å². The van der Waals surface area contributed by atoms with Crippen LogP contribution in [0.3, 0.4) is 0 Å². The third-order valence-electron chi connectivity index (χ3n) is 6.84. The Kier molecular flexibility index (Phi) is 6.71. The average molecular weight is 535 g/mol. The number of carboxylic acids is 1. The van der Waals surface area contributed by atoms with Crippen molar-refractivity contribution in [2.75, 3.05) is 5.32 Å². The van der Waals surface area contributed by atoms with Crippen LogP contribution >= 0.6 is 11.5 Å². The maximum absolute atomic E-state index is 15.3. The van der Waals surface area contributed by atoms with Crippen molar-refractivity contribution in [1.29, 1.82) is 0 Å². The Labute approximate surface area is 222 Å². The molecule has 0 radical (unpaired) electrons. The number of amides is 1. The van der Waals surface area contributed by atoms with E-state index in [9.17, 15) is 14.7 Å². The van der Waals surface area contributed by atoms with Gasteiger partial charge in [0.1, 0.15) is 17.7 Å². The Balaban J connectivity index is 1.39. The van der Waals surface area contributed by atoms with E-state index in [0.717, 1.165) is 17.1 Å². The number of rotatable bonds is 7. The van der Waals surface area contributed by atoms with E-state index in [1.807, 2.05) is 30.3 Å². The molecule has 0 spiro atoms. The fraction of sp³-hybridized carbons (Fsp3) is 0.207. The number of carbonyl (C=O) groups excluding carboxylic acids is 1. The summed E-state index contributed by atoms with van der Waals surface area (Å²) in [6.07, 6.45) is -0.152. The maximum atomic E-state index is 15.3. The van der Waals surface area contributed by atoms with Crippen LogP contribution < -0.4 is 5.32 Å². The molecular formula is C29H24F2N2O4S. The lowest BCUT2D eigenvalue weighted by Crippen LogP contribution is -2.19. The minimum absolute atomic E-state index is 0.140. The van der Waals surface area contributed by atoms with Gasteiger partial charge in [0, 0.05) is 0 Å². The van der Waals surface area contributed by atoms with E-state index in [4.69, 9.17) is 4.74 Å². The Bertz CT molecular complexity index is 1490. The lowest BCUT2D eigenvalue weighted by molar-refractivity contribution is -0.140. The summed E-state index contributed by atoms with van der Waals surface area (Å²) >= 11 is 0.875. The molecule has 1 aromatic heterocycles. The fourth-order valence-corrected chi connectivity index (χ4v) is 5.36. The van der Waals surface area contributed by atoms with Crippen molar-refractivity contribution in [2.24, 2.45) is 0 Å². The molecule has 6 nitrogen and oxygen atoms in total. The van der Waals surface area contributed by atoms with Gasteiger partial charge in [0.25, 0.3) is 0 Å². The third-order valence-corrected chi connectivity index (χ3v) is 7.80. The van der Waals surface area contributed by atoms with E-state index in [1.165, 1.54) is 12.1 Å². The smallest absolute Gasteiger partial charge is 0.412 e. The average Bonchev–Trinajstić information content (AvgIpc) is 3.65. The van der Waals surface area contributed by atoms with Crippen LogP contribution in [0.25, 0.3) is 21.6 Å². The number of anilines is 1. The Hall–Kier alpha value is -4.11. The van der Waals surface area contributed by atoms with Gasteiger partial charge in [-0.05, 0) is 72.6 Å². The largest absolute Gasteiger partial charge is 0.481 e. The zero-order chi connectivity index (χ0) is 27.0. The van der Waals surface area contributed by atoms with Gasteiger partial charge in [-0.1, -0.05) is 54.6 Å². The molecule has 1 atom stereocenters. The zero-order valence-electron chi connectivity index (χ0n) is 20.6. The summed E-state index contributed by atoms with van der Waals surface area (Å²) in [5.41, 5.74) is 1.77. The van der Waals surface area contributed by atoms with Crippen LogP contribution in [0, 0.1) is 18.6 Å². The van der Waals surface area contributed by atoms with E-state index < -0.39 is 35.2 Å². The molecule has 1 fully saturated rings. The summed E-state index contributed by atoms with van der Waals surface area (Å²) in [4.78, 5) is 24.3. The molecule has 5 rings (SSSR count). The van der Waals surface area contributed by atoms with Crippen LogP contribution in [0.5, 0.6) is 0 Å². The second-order valence-corrected chi connectivity index (χ2v) is 10.1. The van der Waals surface area contributed by atoms with Crippen LogP contribution in [0.1, 0.15) is 42.7 Å². The third kappa shape index (κ3) is 4.77.